The van der Waals surface area contributed by atoms with Gasteiger partial charge in [-0.2, -0.15) is 0 Å². The van der Waals surface area contributed by atoms with E-state index in [0.29, 0.717) is 22.3 Å². The van der Waals surface area contributed by atoms with Gasteiger partial charge in [-0.25, -0.2) is 4.98 Å². The van der Waals surface area contributed by atoms with E-state index in [1.165, 1.54) is 0 Å². The number of nitrogen functional groups attached to an aromatic ring is 1. The van der Waals surface area contributed by atoms with Gasteiger partial charge in [-0.05, 0) is 24.6 Å². The Balaban J connectivity index is 2.30. The first-order valence-electron chi connectivity index (χ1n) is 4.81. The predicted octanol–water partition coefficient (Wildman–Crippen LogP) is 3.42. The third kappa shape index (κ3) is 2.25. The van der Waals surface area contributed by atoms with Gasteiger partial charge in [-0.3, -0.25) is 0 Å². The van der Waals surface area contributed by atoms with Crippen LogP contribution in [-0.4, -0.2) is 4.98 Å². The molecule has 1 aromatic heterocycles. The van der Waals surface area contributed by atoms with Gasteiger partial charge in [0.15, 0.2) is 5.75 Å². The molecule has 2 N–H and O–H groups in total. The van der Waals surface area contributed by atoms with Crippen LogP contribution in [0.25, 0.3) is 0 Å². The van der Waals surface area contributed by atoms with Gasteiger partial charge in [0, 0.05) is 6.07 Å². The minimum absolute atomic E-state index is 0.477. The van der Waals surface area contributed by atoms with Crippen LogP contribution in [-0.2, 0) is 0 Å². The lowest BCUT2D eigenvalue weighted by molar-refractivity contribution is 0.460. The zero-order valence-electron chi connectivity index (χ0n) is 8.77. The van der Waals surface area contributed by atoms with Crippen LogP contribution in [0.4, 0.5) is 5.69 Å². The largest absolute Gasteiger partial charge is 0.437 e. The average molecular weight is 235 g/mol. The number of halogens is 1. The zero-order valence-corrected chi connectivity index (χ0v) is 9.53. The zero-order chi connectivity index (χ0) is 11.5. The highest BCUT2D eigenvalue weighted by Crippen LogP contribution is 2.31. The van der Waals surface area contributed by atoms with Gasteiger partial charge < -0.3 is 10.5 Å². The van der Waals surface area contributed by atoms with Gasteiger partial charge in [0.25, 0.3) is 0 Å². The Labute approximate surface area is 98.8 Å². The number of benzene rings is 1. The first-order chi connectivity index (χ1) is 7.66. The quantitative estimate of drug-likeness (QED) is 0.866. The lowest BCUT2D eigenvalue weighted by Gasteiger charge is -2.09. The summed E-state index contributed by atoms with van der Waals surface area (Å²) in [5, 5.41) is 0.568. The average Bonchev–Trinajstić information content (AvgIpc) is 2.26. The molecule has 2 rings (SSSR count). The summed E-state index contributed by atoms with van der Waals surface area (Å²) in [7, 11) is 0. The van der Waals surface area contributed by atoms with Crippen molar-refractivity contribution in [3.63, 3.8) is 0 Å². The summed E-state index contributed by atoms with van der Waals surface area (Å²) in [5.41, 5.74) is 7.10. The van der Waals surface area contributed by atoms with Gasteiger partial charge in [0.1, 0.15) is 0 Å². The Morgan fingerprint density at radius 2 is 2.06 bits per heavy atom. The van der Waals surface area contributed by atoms with Crippen LogP contribution in [0.2, 0.25) is 5.02 Å². The molecule has 4 heteroatoms. The molecule has 0 saturated heterocycles. The molecule has 0 aliphatic rings. The third-order valence-corrected chi connectivity index (χ3v) is 2.43. The molecule has 0 bridgehead atoms. The van der Waals surface area contributed by atoms with Crippen molar-refractivity contribution in [2.75, 3.05) is 5.73 Å². The smallest absolute Gasteiger partial charge is 0.219 e. The number of hydrogen-bond acceptors (Lipinski definition) is 3. The summed E-state index contributed by atoms with van der Waals surface area (Å²) < 4.78 is 5.60. The highest BCUT2D eigenvalue weighted by Gasteiger charge is 2.06. The second-order valence-corrected chi connectivity index (χ2v) is 3.82. The summed E-state index contributed by atoms with van der Waals surface area (Å²) in [6.45, 7) is 1.93. The Bertz CT molecular complexity index is 477. The molecule has 0 spiro atoms. The topological polar surface area (TPSA) is 48.1 Å². The van der Waals surface area contributed by atoms with Crippen LogP contribution in [0.1, 0.15) is 5.56 Å². The monoisotopic (exact) mass is 234 g/mol. The SMILES string of the molecule is Cc1cccc(Cl)c1Oc1ccc(N)cn1. The molecule has 0 atom stereocenters. The van der Waals surface area contributed by atoms with Crippen molar-refractivity contribution in [1.82, 2.24) is 4.98 Å². The van der Waals surface area contributed by atoms with Crippen LogP contribution < -0.4 is 10.5 Å². The maximum atomic E-state index is 6.03. The summed E-state index contributed by atoms with van der Waals surface area (Å²) >= 11 is 6.03. The number of rotatable bonds is 2. The van der Waals surface area contributed by atoms with E-state index < -0.39 is 0 Å². The Morgan fingerprint density at radius 3 is 2.69 bits per heavy atom. The van der Waals surface area contributed by atoms with E-state index in [2.05, 4.69) is 4.98 Å². The van der Waals surface area contributed by atoms with Crippen molar-refractivity contribution in [2.24, 2.45) is 0 Å². The fraction of sp³-hybridized carbons (Fsp3) is 0.0833. The fourth-order valence-corrected chi connectivity index (χ4v) is 1.56. The Hall–Kier alpha value is -1.74. The lowest BCUT2D eigenvalue weighted by atomic mass is 10.2. The minimum Gasteiger partial charge on any atom is -0.437 e. The first kappa shape index (κ1) is 10.8. The van der Waals surface area contributed by atoms with E-state index in [1.807, 2.05) is 19.1 Å². The molecule has 0 radical (unpaired) electrons. The summed E-state index contributed by atoms with van der Waals surface area (Å²) in [6.07, 6.45) is 1.54. The number of ether oxygens (including phenoxy) is 1. The number of aromatic nitrogens is 1. The number of anilines is 1. The molecule has 0 unspecified atom stereocenters. The minimum atomic E-state index is 0.477. The number of para-hydroxylation sites is 1. The highest BCUT2D eigenvalue weighted by atomic mass is 35.5. The van der Waals surface area contributed by atoms with Crippen molar-refractivity contribution in [2.45, 2.75) is 6.92 Å². The molecule has 0 amide bonds. The number of aryl methyl sites for hydroxylation is 1. The molecule has 1 aromatic carbocycles. The molecule has 16 heavy (non-hydrogen) atoms. The van der Waals surface area contributed by atoms with Gasteiger partial charge >= 0.3 is 0 Å². The molecule has 0 aliphatic heterocycles. The summed E-state index contributed by atoms with van der Waals surface area (Å²) in [6, 6.07) is 9.02. The Kier molecular flexibility index (Phi) is 2.97. The second-order valence-electron chi connectivity index (χ2n) is 3.42. The second kappa shape index (κ2) is 4.41. The van der Waals surface area contributed by atoms with Crippen LogP contribution in [0.3, 0.4) is 0 Å². The number of nitrogens with zero attached hydrogens (tertiary/aromatic N) is 1. The van der Waals surface area contributed by atoms with Gasteiger partial charge in [0.05, 0.1) is 16.9 Å². The maximum absolute atomic E-state index is 6.03. The van der Waals surface area contributed by atoms with Gasteiger partial charge in [0.2, 0.25) is 5.88 Å². The summed E-state index contributed by atoms with van der Waals surface area (Å²) in [5.74, 6) is 1.10. The molecule has 0 aliphatic carbocycles. The highest BCUT2D eigenvalue weighted by molar-refractivity contribution is 6.32. The van der Waals surface area contributed by atoms with Crippen LogP contribution in [0.5, 0.6) is 11.6 Å². The normalized spacial score (nSPS) is 10.1. The number of nitrogens with two attached hydrogens (primary N) is 1. The summed E-state index contributed by atoms with van der Waals surface area (Å²) in [4.78, 5) is 4.05. The van der Waals surface area contributed by atoms with E-state index >= 15 is 0 Å². The maximum Gasteiger partial charge on any atom is 0.219 e. The number of hydrogen-bond donors (Lipinski definition) is 1. The molecule has 0 fully saturated rings. The molecule has 82 valence electrons. The predicted molar refractivity (Wildman–Crippen MR) is 64.9 cm³/mol. The van der Waals surface area contributed by atoms with Crippen molar-refractivity contribution >= 4 is 17.3 Å². The van der Waals surface area contributed by atoms with Gasteiger partial charge in [-0.1, -0.05) is 23.7 Å². The standard InChI is InChI=1S/C12H11ClN2O/c1-8-3-2-4-10(13)12(8)16-11-6-5-9(14)7-15-11/h2-7H,14H2,1H3. The molecule has 1 heterocycles. The molecular formula is C12H11ClN2O. The Morgan fingerprint density at radius 1 is 1.25 bits per heavy atom. The third-order valence-electron chi connectivity index (χ3n) is 2.13. The van der Waals surface area contributed by atoms with E-state index in [1.54, 1.807) is 24.4 Å². The van der Waals surface area contributed by atoms with Crippen molar-refractivity contribution in [3.05, 3.63) is 47.1 Å². The van der Waals surface area contributed by atoms with Crippen molar-refractivity contribution < 1.29 is 4.74 Å². The first-order valence-corrected chi connectivity index (χ1v) is 5.19. The van der Waals surface area contributed by atoms with E-state index in [0.717, 1.165) is 5.56 Å². The van der Waals surface area contributed by atoms with Crippen molar-refractivity contribution in [1.29, 1.82) is 0 Å². The lowest BCUT2D eigenvalue weighted by Crippen LogP contribution is -1.92. The molecular weight excluding hydrogens is 224 g/mol. The van der Waals surface area contributed by atoms with E-state index in [9.17, 15) is 0 Å². The van der Waals surface area contributed by atoms with E-state index in [-0.39, 0.29) is 0 Å². The van der Waals surface area contributed by atoms with Crippen molar-refractivity contribution in [3.8, 4) is 11.6 Å². The van der Waals surface area contributed by atoms with E-state index in [4.69, 9.17) is 22.1 Å². The van der Waals surface area contributed by atoms with Crippen LogP contribution in [0.15, 0.2) is 36.5 Å². The van der Waals surface area contributed by atoms with Crippen LogP contribution in [0, 0.1) is 6.92 Å². The molecule has 0 saturated carbocycles. The fourth-order valence-electron chi connectivity index (χ4n) is 1.30. The molecule has 3 nitrogen and oxygen atoms in total. The van der Waals surface area contributed by atoms with Crippen LogP contribution >= 0.6 is 11.6 Å². The van der Waals surface area contributed by atoms with Gasteiger partial charge in [-0.15, -0.1) is 0 Å². The number of pyridine rings is 1. The molecule has 2 aromatic rings.